The number of hydrogen-bond donors (Lipinski definition) is 0. The summed E-state index contributed by atoms with van der Waals surface area (Å²) in [5.41, 5.74) is 2.14. The van der Waals surface area contributed by atoms with Gasteiger partial charge in [-0.2, -0.15) is 0 Å². The Balaban J connectivity index is 2.03. The van der Waals surface area contributed by atoms with Crippen LogP contribution in [0.3, 0.4) is 0 Å². The SMILES string of the molecule is CC(=O)c1ccc(N(C)C2CCC(C)(C)CC2)cn1. The molecule has 0 amide bonds. The first-order valence-electron chi connectivity index (χ1n) is 7.09. The van der Waals surface area contributed by atoms with Crippen LogP contribution in [-0.2, 0) is 0 Å². The fourth-order valence-electron chi connectivity index (χ4n) is 2.79. The van der Waals surface area contributed by atoms with Crippen molar-refractivity contribution in [1.82, 2.24) is 4.98 Å². The average Bonchev–Trinajstić information content (AvgIpc) is 2.38. The molecule has 3 nitrogen and oxygen atoms in total. The number of ketones is 1. The molecule has 1 aliphatic carbocycles. The van der Waals surface area contributed by atoms with Gasteiger partial charge in [0.15, 0.2) is 5.78 Å². The van der Waals surface area contributed by atoms with Gasteiger partial charge >= 0.3 is 0 Å². The van der Waals surface area contributed by atoms with E-state index in [0.717, 1.165) is 5.69 Å². The number of carbonyl (C=O) groups is 1. The number of hydrogen-bond acceptors (Lipinski definition) is 3. The molecule has 0 spiro atoms. The van der Waals surface area contributed by atoms with E-state index in [1.165, 1.54) is 25.7 Å². The number of aromatic nitrogens is 1. The molecular formula is C16H24N2O. The maximum atomic E-state index is 11.2. The first-order valence-corrected chi connectivity index (χ1v) is 7.09. The number of carbonyl (C=O) groups excluding carboxylic acids is 1. The molecule has 1 aliphatic rings. The van der Waals surface area contributed by atoms with Gasteiger partial charge in [-0.05, 0) is 43.2 Å². The molecule has 0 atom stereocenters. The summed E-state index contributed by atoms with van der Waals surface area (Å²) in [5, 5.41) is 0. The van der Waals surface area contributed by atoms with Crippen molar-refractivity contribution < 1.29 is 4.79 Å². The third-order valence-electron chi connectivity index (χ3n) is 4.37. The van der Waals surface area contributed by atoms with Gasteiger partial charge in [0.25, 0.3) is 0 Å². The summed E-state index contributed by atoms with van der Waals surface area (Å²) in [6.07, 6.45) is 6.84. The fraction of sp³-hybridized carbons (Fsp3) is 0.625. The minimum Gasteiger partial charge on any atom is -0.370 e. The zero-order valence-corrected chi connectivity index (χ0v) is 12.4. The number of nitrogens with zero attached hydrogens (tertiary/aromatic N) is 2. The lowest BCUT2D eigenvalue weighted by molar-refractivity contribution is 0.101. The highest BCUT2D eigenvalue weighted by molar-refractivity contribution is 5.92. The van der Waals surface area contributed by atoms with Crippen molar-refractivity contribution in [3.05, 3.63) is 24.0 Å². The van der Waals surface area contributed by atoms with Gasteiger partial charge in [0.1, 0.15) is 5.69 Å². The first kappa shape index (κ1) is 14.0. The molecule has 2 rings (SSSR count). The van der Waals surface area contributed by atoms with E-state index >= 15 is 0 Å². The van der Waals surface area contributed by atoms with Crippen molar-refractivity contribution in [1.29, 1.82) is 0 Å². The molecule has 0 saturated heterocycles. The highest BCUT2D eigenvalue weighted by Gasteiger charge is 2.28. The van der Waals surface area contributed by atoms with Crippen LogP contribution < -0.4 is 4.90 Å². The Labute approximate surface area is 116 Å². The second-order valence-corrected chi connectivity index (χ2v) is 6.46. The quantitative estimate of drug-likeness (QED) is 0.777. The van der Waals surface area contributed by atoms with Crippen LogP contribution in [0.5, 0.6) is 0 Å². The average molecular weight is 260 g/mol. The predicted molar refractivity (Wildman–Crippen MR) is 78.7 cm³/mol. The molecule has 1 heterocycles. The number of pyridine rings is 1. The van der Waals surface area contributed by atoms with E-state index in [2.05, 4.69) is 30.8 Å². The molecule has 1 fully saturated rings. The Morgan fingerprint density at radius 3 is 2.42 bits per heavy atom. The summed E-state index contributed by atoms with van der Waals surface area (Å²) in [6, 6.07) is 4.42. The van der Waals surface area contributed by atoms with E-state index in [0.29, 0.717) is 17.2 Å². The molecule has 0 radical (unpaired) electrons. The van der Waals surface area contributed by atoms with E-state index in [1.807, 2.05) is 18.3 Å². The fourth-order valence-corrected chi connectivity index (χ4v) is 2.79. The van der Waals surface area contributed by atoms with E-state index < -0.39 is 0 Å². The second-order valence-electron chi connectivity index (χ2n) is 6.46. The summed E-state index contributed by atoms with van der Waals surface area (Å²) in [4.78, 5) is 17.8. The Hall–Kier alpha value is -1.38. The molecule has 1 aromatic heterocycles. The van der Waals surface area contributed by atoms with Gasteiger partial charge in [-0.25, -0.2) is 0 Å². The lowest BCUT2D eigenvalue weighted by Gasteiger charge is -2.39. The Kier molecular flexibility index (Phi) is 3.93. The molecule has 1 saturated carbocycles. The summed E-state index contributed by atoms with van der Waals surface area (Å²) < 4.78 is 0. The highest BCUT2D eigenvalue weighted by atomic mass is 16.1. The molecule has 19 heavy (non-hydrogen) atoms. The standard InChI is InChI=1S/C16H24N2O/c1-12(19)15-6-5-14(11-17-15)18(4)13-7-9-16(2,3)10-8-13/h5-6,11,13H,7-10H2,1-4H3. The van der Waals surface area contributed by atoms with Gasteiger partial charge in [0, 0.05) is 20.0 Å². The van der Waals surface area contributed by atoms with E-state index in [1.54, 1.807) is 6.92 Å². The van der Waals surface area contributed by atoms with Gasteiger partial charge in [-0.3, -0.25) is 9.78 Å². The molecule has 0 unspecified atom stereocenters. The van der Waals surface area contributed by atoms with Gasteiger partial charge in [0.05, 0.1) is 11.9 Å². The monoisotopic (exact) mass is 260 g/mol. The van der Waals surface area contributed by atoms with Crippen LogP contribution in [0.15, 0.2) is 18.3 Å². The number of Topliss-reactive ketones (excluding diaryl/α,β-unsaturated/α-hetero) is 1. The zero-order valence-electron chi connectivity index (χ0n) is 12.4. The third kappa shape index (κ3) is 3.34. The first-order chi connectivity index (χ1) is 8.89. The van der Waals surface area contributed by atoms with Crippen molar-refractivity contribution in [2.45, 2.75) is 52.5 Å². The summed E-state index contributed by atoms with van der Waals surface area (Å²) in [6.45, 7) is 6.26. The van der Waals surface area contributed by atoms with E-state index in [9.17, 15) is 4.79 Å². The molecule has 0 aromatic carbocycles. The van der Waals surface area contributed by atoms with Crippen LogP contribution in [0.25, 0.3) is 0 Å². The van der Waals surface area contributed by atoms with Crippen LogP contribution in [0, 0.1) is 5.41 Å². The summed E-state index contributed by atoms with van der Waals surface area (Å²) >= 11 is 0. The minimum absolute atomic E-state index is 0.0219. The molecule has 0 N–H and O–H groups in total. The predicted octanol–water partition coefficient (Wildman–Crippen LogP) is 3.69. The number of rotatable bonds is 3. The van der Waals surface area contributed by atoms with Crippen molar-refractivity contribution in [2.24, 2.45) is 5.41 Å². The summed E-state index contributed by atoms with van der Waals surface area (Å²) in [5.74, 6) is 0.0219. The van der Waals surface area contributed by atoms with Crippen LogP contribution in [-0.4, -0.2) is 23.9 Å². The third-order valence-corrected chi connectivity index (χ3v) is 4.37. The van der Waals surface area contributed by atoms with Gasteiger partial charge < -0.3 is 4.90 Å². The van der Waals surface area contributed by atoms with Crippen LogP contribution in [0.2, 0.25) is 0 Å². The summed E-state index contributed by atoms with van der Waals surface area (Å²) in [7, 11) is 2.13. The highest BCUT2D eigenvalue weighted by Crippen LogP contribution is 2.37. The van der Waals surface area contributed by atoms with E-state index in [4.69, 9.17) is 0 Å². The Morgan fingerprint density at radius 2 is 1.95 bits per heavy atom. The van der Waals surface area contributed by atoms with Crippen molar-refractivity contribution >= 4 is 11.5 Å². The van der Waals surface area contributed by atoms with Crippen LogP contribution in [0.1, 0.15) is 56.9 Å². The maximum Gasteiger partial charge on any atom is 0.178 e. The molecular weight excluding hydrogens is 236 g/mol. The van der Waals surface area contributed by atoms with Crippen molar-refractivity contribution in [3.63, 3.8) is 0 Å². The largest absolute Gasteiger partial charge is 0.370 e. The lowest BCUT2D eigenvalue weighted by Crippen LogP contribution is -2.37. The van der Waals surface area contributed by atoms with Crippen LogP contribution >= 0.6 is 0 Å². The molecule has 0 aliphatic heterocycles. The van der Waals surface area contributed by atoms with Crippen molar-refractivity contribution in [3.8, 4) is 0 Å². The Morgan fingerprint density at radius 1 is 1.32 bits per heavy atom. The zero-order chi connectivity index (χ0) is 14.0. The maximum absolute atomic E-state index is 11.2. The molecule has 3 heteroatoms. The Bertz CT molecular complexity index is 440. The molecule has 0 bridgehead atoms. The van der Waals surface area contributed by atoms with E-state index in [-0.39, 0.29) is 5.78 Å². The van der Waals surface area contributed by atoms with Crippen molar-refractivity contribution in [2.75, 3.05) is 11.9 Å². The van der Waals surface area contributed by atoms with Crippen LogP contribution in [0.4, 0.5) is 5.69 Å². The van der Waals surface area contributed by atoms with Gasteiger partial charge in [0.2, 0.25) is 0 Å². The topological polar surface area (TPSA) is 33.2 Å². The lowest BCUT2D eigenvalue weighted by atomic mass is 9.75. The van der Waals surface area contributed by atoms with Gasteiger partial charge in [-0.1, -0.05) is 13.8 Å². The number of anilines is 1. The molecule has 1 aromatic rings. The normalized spacial score (nSPS) is 19.2. The van der Waals surface area contributed by atoms with Gasteiger partial charge in [-0.15, -0.1) is 0 Å². The smallest absolute Gasteiger partial charge is 0.178 e. The second kappa shape index (κ2) is 5.32. The molecule has 104 valence electrons. The minimum atomic E-state index is 0.0219.